The van der Waals surface area contributed by atoms with Gasteiger partial charge in [-0.05, 0) is 82.8 Å². The van der Waals surface area contributed by atoms with Gasteiger partial charge in [0.05, 0.1) is 11.4 Å². The third-order valence-electron chi connectivity index (χ3n) is 6.71. The van der Waals surface area contributed by atoms with E-state index in [0.717, 1.165) is 43.6 Å². The predicted molar refractivity (Wildman–Crippen MR) is 148 cm³/mol. The Labute approximate surface area is 233 Å². The minimum atomic E-state index is -0.543. The Morgan fingerprint density at radius 3 is 2.32 bits per heavy atom. The first-order valence-electron chi connectivity index (χ1n) is 12.2. The van der Waals surface area contributed by atoms with Gasteiger partial charge in [0.1, 0.15) is 15.6 Å². The molecule has 0 bridgehead atoms. The number of carbonyl (C=O) groups excluding carboxylic acids is 1. The molecule has 0 unspecified atom stereocenters. The summed E-state index contributed by atoms with van der Waals surface area (Å²) in [6.07, 6.45) is 3.09. The first kappa shape index (κ1) is 26.4. The van der Waals surface area contributed by atoms with E-state index in [0.29, 0.717) is 16.9 Å². The van der Waals surface area contributed by atoms with Crippen molar-refractivity contribution in [2.75, 3.05) is 18.4 Å². The van der Waals surface area contributed by atoms with Crippen LogP contribution in [0.4, 0.5) is 14.5 Å². The van der Waals surface area contributed by atoms with Crippen LogP contribution in [-0.4, -0.2) is 33.9 Å². The maximum Gasteiger partial charge on any atom is 0.255 e. The molecule has 1 fully saturated rings. The monoisotopic (exact) mass is 596 g/mol. The Hall–Kier alpha value is -3.20. The molecule has 0 aliphatic carbocycles. The van der Waals surface area contributed by atoms with Crippen LogP contribution in [-0.2, 0) is 6.54 Å². The highest BCUT2D eigenvalue weighted by molar-refractivity contribution is 9.10. The molecule has 1 saturated heterocycles. The number of carbonyl (C=O) groups is 1. The Bertz CT molecular complexity index is 1440. The van der Waals surface area contributed by atoms with Crippen LogP contribution in [0.15, 0.2) is 77.5 Å². The van der Waals surface area contributed by atoms with E-state index in [1.54, 1.807) is 18.2 Å². The van der Waals surface area contributed by atoms with Gasteiger partial charge in [0, 0.05) is 30.3 Å². The topological polar surface area (TPSA) is 58.1 Å². The molecule has 9 heteroatoms. The van der Waals surface area contributed by atoms with E-state index in [2.05, 4.69) is 60.4 Å². The van der Waals surface area contributed by atoms with E-state index in [9.17, 15) is 13.6 Å². The molecule has 1 aliphatic heterocycles. The zero-order valence-electron chi connectivity index (χ0n) is 20.3. The zero-order chi connectivity index (χ0) is 26.6. The summed E-state index contributed by atoms with van der Waals surface area (Å²) in [6, 6.07) is 19.1. The second kappa shape index (κ2) is 11.7. The fourth-order valence-corrected chi connectivity index (χ4v) is 5.18. The summed E-state index contributed by atoms with van der Waals surface area (Å²) < 4.78 is 27.7. The molecule has 1 amide bonds. The fraction of sp³-hybridized carbons (Fsp3) is 0.207. The number of benzene rings is 2. The average Bonchev–Trinajstić information content (AvgIpc) is 2.92. The molecule has 0 radical (unpaired) electrons. The first-order valence-corrected chi connectivity index (χ1v) is 13.4. The molecule has 2 aromatic carbocycles. The first-order chi connectivity index (χ1) is 18.4. The lowest BCUT2D eigenvalue weighted by atomic mass is 9.91. The molecule has 0 saturated carbocycles. The third-order valence-corrected chi connectivity index (χ3v) is 7.47. The SMILES string of the molecule is O=C(Nc1cc(F)c(Br)nc1C1CCN(Cc2ccc(-c3ccc(F)cc3)cc2)CC1)c1ccnc(Cl)c1. The summed E-state index contributed by atoms with van der Waals surface area (Å²) in [7, 11) is 0. The lowest BCUT2D eigenvalue weighted by Gasteiger charge is -2.32. The molecular weight excluding hydrogens is 574 g/mol. The van der Waals surface area contributed by atoms with Gasteiger partial charge in [0.2, 0.25) is 0 Å². The predicted octanol–water partition coefficient (Wildman–Crippen LogP) is 7.47. The molecule has 1 N–H and O–H groups in total. The van der Waals surface area contributed by atoms with E-state index >= 15 is 0 Å². The van der Waals surface area contributed by atoms with Gasteiger partial charge in [-0.3, -0.25) is 9.69 Å². The number of nitrogens with one attached hydrogen (secondary N) is 1. The quantitative estimate of drug-likeness (QED) is 0.234. The summed E-state index contributed by atoms with van der Waals surface area (Å²) >= 11 is 9.11. The minimum Gasteiger partial charge on any atom is -0.320 e. The number of likely N-dealkylation sites (tertiary alicyclic amines) is 1. The molecule has 4 aromatic rings. The molecule has 194 valence electrons. The summed E-state index contributed by atoms with van der Waals surface area (Å²) in [5.41, 5.74) is 4.57. The van der Waals surface area contributed by atoms with E-state index < -0.39 is 11.7 Å². The normalized spacial score (nSPS) is 14.4. The lowest BCUT2D eigenvalue weighted by Crippen LogP contribution is -2.33. The molecule has 1 aliphatic rings. The van der Waals surface area contributed by atoms with Gasteiger partial charge in [-0.2, -0.15) is 0 Å². The van der Waals surface area contributed by atoms with Gasteiger partial charge in [0.25, 0.3) is 5.91 Å². The van der Waals surface area contributed by atoms with Crippen molar-refractivity contribution in [1.29, 1.82) is 0 Å². The number of amides is 1. The van der Waals surface area contributed by atoms with Crippen molar-refractivity contribution in [1.82, 2.24) is 14.9 Å². The Balaban J connectivity index is 1.24. The van der Waals surface area contributed by atoms with Crippen molar-refractivity contribution in [2.45, 2.75) is 25.3 Å². The number of piperidine rings is 1. The zero-order valence-corrected chi connectivity index (χ0v) is 22.6. The van der Waals surface area contributed by atoms with Gasteiger partial charge < -0.3 is 5.32 Å². The lowest BCUT2D eigenvalue weighted by molar-refractivity contribution is 0.102. The molecule has 0 spiro atoms. The van der Waals surface area contributed by atoms with Crippen molar-refractivity contribution in [3.8, 4) is 11.1 Å². The number of nitrogens with zero attached hydrogens (tertiary/aromatic N) is 3. The van der Waals surface area contributed by atoms with E-state index in [-0.39, 0.29) is 21.5 Å². The molecule has 5 nitrogen and oxygen atoms in total. The van der Waals surface area contributed by atoms with Crippen molar-refractivity contribution >= 4 is 39.1 Å². The van der Waals surface area contributed by atoms with Crippen molar-refractivity contribution in [2.24, 2.45) is 0 Å². The van der Waals surface area contributed by atoms with E-state index in [1.807, 2.05) is 0 Å². The standard InChI is InChI=1S/C29H24BrClF2N4O/c30-28-24(33)16-25(35-29(38)22-9-12-34-26(31)15-22)27(36-28)21-10-13-37(14-11-21)17-18-1-3-19(4-2-18)20-5-7-23(32)8-6-20/h1-9,12,15-16,21H,10-11,13-14,17H2,(H,35,38). The maximum atomic E-state index is 14.4. The highest BCUT2D eigenvalue weighted by Crippen LogP contribution is 2.34. The van der Waals surface area contributed by atoms with Crippen LogP contribution in [0, 0.1) is 11.6 Å². The number of anilines is 1. The Morgan fingerprint density at radius 2 is 1.66 bits per heavy atom. The van der Waals surface area contributed by atoms with Crippen LogP contribution < -0.4 is 5.32 Å². The molecule has 3 heterocycles. The largest absolute Gasteiger partial charge is 0.320 e. The van der Waals surface area contributed by atoms with Gasteiger partial charge in [-0.15, -0.1) is 0 Å². The number of aromatic nitrogens is 2. The number of hydrogen-bond acceptors (Lipinski definition) is 4. The van der Waals surface area contributed by atoms with Crippen molar-refractivity contribution < 1.29 is 13.6 Å². The Kier molecular flexibility index (Phi) is 8.12. The van der Waals surface area contributed by atoms with E-state index in [1.165, 1.54) is 36.0 Å². The van der Waals surface area contributed by atoms with Crippen LogP contribution in [0.5, 0.6) is 0 Å². The third kappa shape index (κ3) is 6.26. The summed E-state index contributed by atoms with van der Waals surface area (Å²) in [5.74, 6) is -1.12. The van der Waals surface area contributed by atoms with Gasteiger partial charge in [-0.1, -0.05) is 48.0 Å². The summed E-state index contributed by atoms with van der Waals surface area (Å²) in [4.78, 5) is 23.5. The van der Waals surface area contributed by atoms with Crippen molar-refractivity contribution in [3.63, 3.8) is 0 Å². The fourth-order valence-electron chi connectivity index (χ4n) is 4.70. The van der Waals surface area contributed by atoms with Gasteiger partial charge in [-0.25, -0.2) is 18.7 Å². The number of rotatable bonds is 6. The maximum absolute atomic E-state index is 14.4. The smallest absolute Gasteiger partial charge is 0.255 e. The highest BCUT2D eigenvalue weighted by atomic mass is 79.9. The summed E-state index contributed by atoms with van der Waals surface area (Å²) in [5, 5.41) is 3.01. The molecule has 5 rings (SSSR count). The number of pyridine rings is 2. The van der Waals surface area contributed by atoms with Crippen LogP contribution in [0.3, 0.4) is 0 Å². The Morgan fingerprint density at radius 1 is 1.00 bits per heavy atom. The van der Waals surface area contributed by atoms with Gasteiger partial charge in [0.15, 0.2) is 5.82 Å². The molecule has 2 aromatic heterocycles. The molecule has 38 heavy (non-hydrogen) atoms. The average molecular weight is 598 g/mol. The highest BCUT2D eigenvalue weighted by Gasteiger charge is 2.26. The second-order valence-electron chi connectivity index (χ2n) is 9.27. The molecule has 0 atom stereocenters. The van der Waals surface area contributed by atoms with Crippen LogP contribution in [0.2, 0.25) is 5.15 Å². The van der Waals surface area contributed by atoms with Crippen LogP contribution in [0.1, 0.15) is 40.4 Å². The van der Waals surface area contributed by atoms with E-state index in [4.69, 9.17) is 11.6 Å². The number of hydrogen-bond donors (Lipinski definition) is 1. The summed E-state index contributed by atoms with van der Waals surface area (Å²) in [6.45, 7) is 2.49. The molecular formula is C29H24BrClF2N4O. The number of halogens is 4. The van der Waals surface area contributed by atoms with Crippen LogP contribution >= 0.6 is 27.5 Å². The van der Waals surface area contributed by atoms with Crippen molar-refractivity contribution in [3.05, 3.63) is 111 Å². The second-order valence-corrected chi connectivity index (χ2v) is 10.4. The van der Waals surface area contributed by atoms with Gasteiger partial charge >= 0.3 is 0 Å². The van der Waals surface area contributed by atoms with Crippen LogP contribution in [0.25, 0.3) is 11.1 Å². The minimum absolute atomic E-state index is 0.0698.